The highest BCUT2D eigenvalue weighted by molar-refractivity contribution is 5.93. The largest absolute Gasteiger partial charge is 0.355 e. The van der Waals surface area contributed by atoms with E-state index < -0.39 is 0 Å². The maximum Gasteiger partial charge on any atom is 0.273 e. The zero-order valence-electron chi connectivity index (χ0n) is 15.2. The minimum atomic E-state index is -0.327. The van der Waals surface area contributed by atoms with Gasteiger partial charge < -0.3 is 14.7 Å². The summed E-state index contributed by atoms with van der Waals surface area (Å²) >= 11 is 0. The van der Waals surface area contributed by atoms with Crippen molar-refractivity contribution in [3.8, 4) is 17.4 Å². The van der Waals surface area contributed by atoms with Crippen molar-refractivity contribution in [2.75, 3.05) is 26.2 Å². The lowest BCUT2D eigenvalue weighted by molar-refractivity contribution is 0.0940. The number of unbranched alkanes of at least 4 members (excludes halogenated alkanes) is 2. The molecule has 0 saturated carbocycles. The summed E-state index contributed by atoms with van der Waals surface area (Å²) in [4.78, 5) is 14.5. The molecule has 27 heavy (non-hydrogen) atoms. The van der Waals surface area contributed by atoms with E-state index in [1.54, 1.807) is 18.2 Å². The molecule has 0 bridgehead atoms. The summed E-state index contributed by atoms with van der Waals surface area (Å²) in [6.45, 7) is 3.72. The van der Waals surface area contributed by atoms with Gasteiger partial charge in [-0.2, -0.15) is 5.26 Å². The highest BCUT2D eigenvalue weighted by Crippen LogP contribution is 2.21. The van der Waals surface area contributed by atoms with E-state index in [2.05, 4.69) is 21.4 Å². The third kappa shape index (κ3) is 5.38. The Kier molecular flexibility index (Phi) is 6.55. The SMILES string of the molecule is N#CCC1CN(CCCCCNC(=O)c2cc(-c3ccc(F)cc3)on2)C1. The second kappa shape index (κ2) is 9.28. The average molecular weight is 370 g/mol. The van der Waals surface area contributed by atoms with Gasteiger partial charge in [-0.3, -0.25) is 4.79 Å². The molecule has 1 saturated heterocycles. The molecule has 1 fully saturated rings. The van der Waals surface area contributed by atoms with Gasteiger partial charge in [0.15, 0.2) is 11.5 Å². The van der Waals surface area contributed by atoms with Gasteiger partial charge >= 0.3 is 0 Å². The number of halogens is 1. The van der Waals surface area contributed by atoms with E-state index >= 15 is 0 Å². The van der Waals surface area contributed by atoms with Crippen molar-refractivity contribution in [3.05, 3.63) is 41.8 Å². The zero-order chi connectivity index (χ0) is 19.1. The zero-order valence-corrected chi connectivity index (χ0v) is 15.2. The molecule has 142 valence electrons. The smallest absolute Gasteiger partial charge is 0.273 e. The Hall–Kier alpha value is -2.72. The van der Waals surface area contributed by atoms with E-state index in [9.17, 15) is 9.18 Å². The molecular formula is C20H23FN4O2. The molecule has 0 aliphatic carbocycles. The number of nitriles is 1. The fourth-order valence-electron chi connectivity index (χ4n) is 3.18. The van der Waals surface area contributed by atoms with Gasteiger partial charge in [0.1, 0.15) is 5.82 Å². The molecule has 1 aromatic heterocycles. The van der Waals surface area contributed by atoms with Crippen LogP contribution in [0.2, 0.25) is 0 Å². The van der Waals surface area contributed by atoms with E-state index in [0.29, 0.717) is 30.2 Å². The minimum Gasteiger partial charge on any atom is -0.355 e. The maximum absolute atomic E-state index is 13.0. The molecule has 1 amide bonds. The molecule has 2 aromatic rings. The van der Waals surface area contributed by atoms with Gasteiger partial charge in [0.05, 0.1) is 6.07 Å². The van der Waals surface area contributed by atoms with Gasteiger partial charge in [-0.1, -0.05) is 11.6 Å². The molecule has 0 spiro atoms. The number of nitrogens with zero attached hydrogens (tertiary/aromatic N) is 3. The maximum atomic E-state index is 13.0. The topological polar surface area (TPSA) is 82.2 Å². The van der Waals surface area contributed by atoms with Crippen molar-refractivity contribution in [1.29, 1.82) is 5.26 Å². The van der Waals surface area contributed by atoms with Crippen molar-refractivity contribution >= 4 is 5.91 Å². The Bertz CT molecular complexity index is 791. The lowest BCUT2D eigenvalue weighted by atomic mass is 9.97. The third-order valence-corrected chi connectivity index (χ3v) is 4.72. The van der Waals surface area contributed by atoms with Crippen LogP contribution in [0.3, 0.4) is 0 Å². The molecular weight excluding hydrogens is 347 g/mol. The summed E-state index contributed by atoms with van der Waals surface area (Å²) in [5.74, 6) is 0.391. The third-order valence-electron chi connectivity index (χ3n) is 4.72. The van der Waals surface area contributed by atoms with Crippen LogP contribution in [-0.4, -0.2) is 42.1 Å². The van der Waals surface area contributed by atoms with Crippen LogP contribution in [0.4, 0.5) is 4.39 Å². The predicted molar refractivity (Wildman–Crippen MR) is 98.2 cm³/mol. The summed E-state index contributed by atoms with van der Waals surface area (Å²) in [7, 11) is 0. The van der Waals surface area contributed by atoms with E-state index in [4.69, 9.17) is 9.78 Å². The molecule has 2 heterocycles. The van der Waals surface area contributed by atoms with E-state index in [0.717, 1.165) is 38.9 Å². The number of carbonyl (C=O) groups is 1. The van der Waals surface area contributed by atoms with Crippen LogP contribution in [0.15, 0.2) is 34.9 Å². The van der Waals surface area contributed by atoms with E-state index in [1.165, 1.54) is 12.1 Å². The number of carbonyl (C=O) groups excluding carboxylic acids is 1. The molecule has 1 N–H and O–H groups in total. The van der Waals surface area contributed by atoms with Gasteiger partial charge in [-0.25, -0.2) is 4.39 Å². The fourth-order valence-corrected chi connectivity index (χ4v) is 3.18. The number of hydrogen-bond acceptors (Lipinski definition) is 5. The lowest BCUT2D eigenvalue weighted by Gasteiger charge is -2.38. The number of likely N-dealkylation sites (tertiary alicyclic amines) is 1. The predicted octanol–water partition coefficient (Wildman–Crippen LogP) is 3.23. The Morgan fingerprint density at radius 2 is 2.07 bits per heavy atom. The Labute approximate surface area is 157 Å². The van der Waals surface area contributed by atoms with Crippen LogP contribution in [0.5, 0.6) is 0 Å². The monoisotopic (exact) mass is 370 g/mol. The molecule has 1 aliphatic rings. The molecule has 0 atom stereocenters. The summed E-state index contributed by atoms with van der Waals surface area (Å²) in [5, 5.41) is 15.3. The van der Waals surface area contributed by atoms with Crippen LogP contribution < -0.4 is 5.32 Å². The van der Waals surface area contributed by atoms with Gasteiger partial charge in [-0.05, 0) is 49.6 Å². The van der Waals surface area contributed by atoms with Crippen molar-refractivity contribution < 1.29 is 13.7 Å². The van der Waals surface area contributed by atoms with Gasteiger partial charge in [0, 0.05) is 37.7 Å². The van der Waals surface area contributed by atoms with Crippen LogP contribution in [0, 0.1) is 23.1 Å². The number of hydrogen-bond donors (Lipinski definition) is 1. The summed E-state index contributed by atoms with van der Waals surface area (Å²) in [5.41, 5.74) is 0.893. The molecule has 1 aromatic carbocycles. The summed E-state index contributed by atoms with van der Waals surface area (Å²) in [6, 6.07) is 9.61. The van der Waals surface area contributed by atoms with Crippen molar-refractivity contribution in [3.63, 3.8) is 0 Å². The van der Waals surface area contributed by atoms with Crippen molar-refractivity contribution in [2.24, 2.45) is 5.92 Å². The highest BCUT2D eigenvalue weighted by Gasteiger charge is 2.25. The first-order valence-electron chi connectivity index (χ1n) is 9.26. The van der Waals surface area contributed by atoms with Crippen LogP contribution in [-0.2, 0) is 0 Å². The summed E-state index contributed by atoms with van der Waals surface area (Å²) < 4.78 is 18.1. The van der Waals surface area contributed by atoms with Gasteiger partial charge in [0.25, 0.3) is 5.91 Å². The summed E-state index contributed by atoms with van der Waals surface area (Å²) in [6.07, 6.45) is 3.70. The highest BCUT2D eigenvalue weighted by atomic mass is 19.1. The van der Waals surface area contributed by atoms with Crippen molar-refractivity contribution in [2.45, 2.75) is 25.7 Å². The average Bonchev–Trinajstić information content (AvgIpc) is 3.12. The number of aromatic nitrogens is 1. The molecule has 7 heteroatoms. The van der Waals surface area contributed by atoms with Crippen LogP contribution in [0.25, 0.3) is 11.3 Å². The molecule has 0 unspecified atom stereocenters. The molecule has 3 rings (SSSR count). The normalized spacial score (nSPS) is 14.5. The molecule has 0 radical (unpaired) electrons. The molecule has 6 nitrogen and oxygen atoms in total. The number of benzene rings is 1. The fraction of sp³-hybridized carbons (Fsp3) is 0.450. The first kappa shape index (κ1) is 19.1. The van der Waals surface area contributed by atoms with E-state index in [-0.39, 0.29) is 17.4 Å². The number of amides is 1. The van der Waals surface area contributed by atoms with Gasteiger partial charge in [0.2, 0.25) is 0 Å². The second-order valence-corrected chi connectivity index (χ2v) is 6.89. The standard InChI is InChI=1S/C20H23FN4O2/c21-17-6-4-16(5-7-17)19-12-18(24-27-19)20(26)23-10-2-1-3-11-25-13-15(14-25)8-9-22/h4-7,12,15H,1-3,8,10-11,13-14H2,(H,23,26). The first-order valence-corrected chi connectivity index (χ1v) is 9.26. The quantitative estimate of drug-likeness (QED) is 0.685. The second-order valence-electron chi connectivity index (χ2n) is 6.89. The minimum absolute atomic E-state index is 0.221. The van der Waals surface area contributed by atoms with E-state index in [1.807, 2.05) is 0 Å². The Morgan fingerprint density at radius 3 is 2.81 bits per heavy atom. The van der Waals surface area contributed by atoms with Crippen molar-refractivity contribution in [1.82, 2.24) is 15.4 Å². The molecule has 1 aliphatic heterocycles. The Morgan fingerprint density at radius 1 is 1.30 bits per heavy atom. The number of nitrogens with one attached hydrogen (secondary N) is 1. The number of rotatable bonds is 9. The lowest BCUT2D eigenvalue weighted by Crippen LogP contribution is -2.46. The van der Waals surface area contributed by atoms with Crippen LogP contribution in [0.1, 0.15) is 36.2 Å². The van der Waals surface area contributed by atoms with Gasteiger partial charge in [-0.15, -0.1) is 0 Å². The van der Waals surface area contributed by atoms with Crippen LogP contribution >= 0.6 is 0 Å². The first-order chi connectivity index (χ1) is 13.2. The Balaban J connectivity index is 1.31.